The molecule has 0 atom stereocenters. The van der Waals surface area contributed by atoms with Gasteiger partial charge in [-0.25, -0.2) is 0 Å². The van der Waals surface area contributed by atoms with E-state index in [2.05, 4.69) is 34.6 Å². The normalized spacial score (nSPS) is 22.7. The fraction of sp³-hybridized carbons (Fsp3) is 0.650. The molecule has 0 radical (unpaired) electrons. The molecular weight excluding hydrogens is 314 g/mol. The molecule has 2 fully saturated rings. The van der Waals surface area contributed by atoms with E-state index >= 15 is 0 Å². The molecule has 1 spiro atoms. The Hall–Kier alpha value is -1.59. The van der Waals surface area contributed by atoms with E-state index in [0.717, 1.165) is 51.3 Å². The molecule has 1 aliphatic carbocycles. The Bertz CT molecular complexity index is 651. The average molecular weight is 343 g/mol. The van der Waals surface area contributed by atoms with E-state index < -0.39 is 0 Å². The van der Waals surface area contributed by atoms with Gasteiger partial charge in [0.1, 0.15) is 11.3 Å². The van der Waals surface area contributed by atoms with Gasteiger partial charge in [-0.2, -0.15) is 0 Å². The van der Waals surface area contributed by atoms with E-state index in [9.17, 15) is 4.79 Å². The number of carbonyl (C=O) groups excluding carboxylic acids is 1. The van der Waals surface area contributed by atoms with E-state index in [1.165, 1.54) is 36.0 Å². The Morgan fingerprint density at radius 1 is 1.16 bits per heavy atom. The number of piperidine rings is 1. The lowest BCUT2D eigenvalue weighted by Gasteiger charge is -2.43. The van der Waals surface area contributed by atoms with Gasteiger partial charge in [0.15, 0.2) is 0 Å². The molecule has 2 aliphatic heterocycles. The first-order valence-electron chi connectivity index (χ1n) is 9.73. The topological polar surface area (TPSA) is 53.6 Å². The molecule has 0 aromatic heterocycles. The van der Waals surface area contributed by atoms with Crippen molar-refractivity contribution >= 4 is 5.91 Å². The second kappa shape index (κ2) is 6.96. The van der Waals surface area contributed by atoms with Gasteiger partial charge >= 0.3 is 0 Å². The molecule has 1 aromatic carbocycles. The van der Waals surface area contributed by atoms with Gasteiger partial charge in [0, 0.05) is 38.3 Å². The molecule has 136 valence electrons. The van der Waals surface area contributed by atoms with E-state index in [1.54, 1.807) is 0 Å². The number of aryl methyl sites for hydroxylation is 2. The second-order valence-corrected chi connectivity index (χ2v) is 7.56. The largest absolute Gasteiger partial charge is 0.494 e. The molecule has 1 aromatic rings. The first-order chi connectivity index (χ1) is 12.2. The molecule has 2 saturated heterocycles. The van der Waals surface area contributed by atoms with Gasteiger partial charge < -0.3 is 15.4 Å². The van der Waals surface area contributed by atoms with Gasteiger partial charge in [-0.15, -0.1) is 0 Å². The molecule has 2 heterocycles. The van der Waals surface area contributed by atoms with Crippen LogP contribution in [0.5, 0.6) is 5.75 Å². The number of amides is 1. The van der Waals surface area contributed by atoms with Crippen molar-refractivity contribution in [1.29, 1.82) is 0 Å². The standard InChI is InChI=1S/C20H29N3O2/c1-2-25-18-13-16-5-3-4-15(16)12-17(18)14-23-10-6-20(7-11-23)19(24)21-8-9-22-20/h12-13,22H,2-11,14H2,1H3,(H,21,24). The van der Waals surface area contributed by atoms with E-state index in [-0.39, 0.29) is 11.4 Å². The molecule has 3 aliphatic rings. The van der Waals surface area contributed by atoms with Crippen LogP contribution in [-0.4, -0.2) is 49.1 Å². The summed E-state index contributed by atoms with van der Waals surface area (Å²) < 4.78 is 5.93. The first kappa shape index (κ1) is 16.9. The number of likely N-dealkylation sites (tertiary alicyclic amines) is 1. The molecule has 2 N–H and O–H groups in total. The molecule has 1 amide bonds. The molecular formula is C20H29N3O2. The Labute approximate surface area is 150 Å². The highest BCUT2D eigenvalue weighted by Crippen LogP contribution is 2.32. The van der Waals surface area contributed by atoms with Crippen LogP contribution in [0.25, 0.3) is 0 Å². The minimum atomic E-state index is -0.338. The highest BCUT2D eigenvalue weighted by molar-refractivity contribution is 5.87. The minimum absolute atomic E-state index is 0.186. The Morgan fingerprint density at radius 3 is 2.64 bits per heavy atom. The number of ether oxygens (including phenoxy) is 1. The van der Waals surface area contributed by atoms with E-state index in [0.29, 0.717) is 6.61 Å². The number of benzene rings is 1. The van der Waals surface area contributed by atoms with Crippen molar-refractivity contribution in [2.24, 2.45) is 0 Å². The van der Waals surface area contributed by atoms with Gasteiger partial charge in [0.25, 0.3) is 0 Å². The SMILES string of the molecule is CCOc1cc2c(cc1CN1CCC3(CC1)NCCNC3=O)CCC2. The summed E-state index contributed by atoms with van der Waals surface area (Å²) >= 11 is 0. The lowest BCUT2D eigenvalue weighted by Crippen LogP contribution is -2.66. The van der Waals surface area contributed by atoms with E-state index in [1.807, 2.05) is 0 Å². The monoisotopic (exact) mass is 343 g/mol. The highest BCUT2D eigenvalue weighted by Gasteiger charge is 2.42. The summed E-state index contributed by atoms with van der Waals surface area (Å²) in [5.74, 6) is 1.24. The van der Waals surface area contributed by atoms with Gasteiger partial charge in [0.05, 0.1) is 6.61 Å². The molecule has 5 heteroatoms. The van der Waals surface area contributed by atoms with Gasteiger partial charge in [-0.05, 0) is 56.2 Å². The van der Waals surface area contributed by atoms with Crippen LogP contribution in [0.4, 0.5) is 0 Å². The number of nitrogens with zero attached hydrogens (tertiary/aromatic N) is 1. The zero-order chi connectivity index (χ0) is 17.3. The number of nitrogens with one attached hydrogen (secondary N) is 2. The Kier molecular flexibility index (Phi) is 4.69. The molecule has 25 heavy (non-hydrogen) atoms. The summed E-state index contributed by atoms with van der Waals surface area (Å²) in [5.41, 5.74) is 3.93. The van der Waals surface area contributed by atoms with Gasteiger partial charge in [-0.1, -0.05) is 6.07 Å². The third-order valence-corrected chi connectivity index (χ3v) is 5.99. The van der Waals surface area contributed by atoms with Crippen LogP contribution in [-0.2, 0) is 24.2 Å². The first-order valence-corrected chi connectivity index (χ1v) is 9.73. The quantitative estimate of drug-likeness (QED) is 0.872. The number of hydrogen-bond donors (Lipinski definition) is 2. The third kappa shape index (κ3) is 3.27. The van der Waals surface area contributed by atoms with Crippen molar-refractivity contribution in [3.63, 3.8) is 0 Å². The number of piperazine rings is 1. The van der Waals surface area contributed by atoms with E-state index in [4.69, 9.17) is 4.74 Å². The zero-order valence-corrected chi connectivity index (χ0v) is 15.2. The van der Waals surface area contributed by atoms with Crippen molar-refractivity contribution in [2.45, 2.75) is 51.1 Å². The summed E-state index contributed by atoms with van der Waals surface area (Å²) in [7, 11) is 0. The van der Waals surface area contributed by atoms with Gasteiger partial charge in [-0.3, -0.25) is 9.69 Å². The van der Waals surface area contributed by atoms with Crippen LogP contribution in [0.1, 0.15) is 42.9 Å². The molecule has 5 nitrogen and oxygen atoms in total. The summed E-state index contributed by atoms with van der Waals surface area (Å²) in [4.78, 5) is 14.8. The van der Waals surface area contributed by atoms with Crippen molar-refractivity contribution in [3.8, 4) is 5.75 Å². The van der Waals surface area contributed by atoms with Crippen LogP contribution < -0.4 is 15.4 Å². The summed E-state index contributed by atoms with van der Waals surface area (Å²) in [6, 6.07) is 4.63. The lowest BCUT2D eigenvalue weighted by molar-refractivity contribution is -0.131. The zero-order valence-electron chi connectivity index (χ0n) is 15.2. The molecule has 0 unspecified atom stereocenters. The summed E-state index contributed by atoms with van der Waals surface area (Å²) in [6.07, 6.45) is 5.41. The minimum Gasteiger partial charge on any atom is -0.494 e. The number of hydrogen-bond acceptors (Lipinski definition) is 4. The van der Waals surface area contributed by atoms with Crippen LogP contribution in [0.2, 0.25) is 0 Å². The van der Waals surface area contributed by atoms with Crippen molar-refractivity contribution < 1.29 is 9.53 Å². The Balaban J connectivity index is 1.45. The van der Waals surface area contributed by atoms with Crippen molar-refractivity contribution in [2.75, 3.05) is 32.8 Å². The Morgan fingerprint density at radius 2 is 1.92 bits per heavy atom. The fourth-order valence-electron chi connectivity index (χ4n) is 4.53. The number of rotatable bonds is 4. The predicted octanol–water partition coefficient (Wildman–Crippen LogP) is 1.63. The molecule has 0 bridgehead atoms. The lowest BCUT2D eigenvalue weighted by atomic mass is 9.85. The maximum Gasteiger partial charge on any atom is 0.240 e. The van der Waals surface area contributed by atoms with Crippen LogP contribution in [0.15, 0.2) is 12.1 Å². The molecule has 4 rings (SSSR count). The second-order valence-electron chi connectivity index (χ2n) is 7.56. The molecule has 0 saturated carbocycles. The third-order valence-electron chi connectivity index (χ3n) is 5.99. The highest BCUT2D eigenvalue weighted by atomic mass is 16.5. The van der Waals surface area contributed by atoms with Crippen LogP contribution in [0.3, 0.4) is 0 Å². The van der Waals surface area contributed by atoms with Gasteiger partial charge in [0.2, 0.25) is 5.91 Å². The maximum absolute atomic E-state index is 12.3. The smallest absolute Gasteiger partial charge is 0.240 e. The summed E-state index contributed by atoms with van der Waals surface area (Å²) in [5, 5.41) is 6.49. The summed E-state index contributed by atoms with van der Waals surface area (Å²) in [6.45, 7) is 7.20. The average Bonchev–Trinajstić information content (AvgIpc) is 3.07. The van der Waals surface area contributed by atoms with Crippen molar-refractivity contribution in [3.05, 3.63) is 28.8 Å². The fourth-order valence-corrected chi connectivity index (χ4v) is 4.53. The maximum atomic E-state index is 12.3. The number of carbonyl (C=O) groups is 1. The van der Waals surface area contributed by atoms with Crippen LogP contribution in [0, 0.1) is 0 Å². The van der Waals surface area contributed by atoms with Crippen LogP contribution >= 0.6 is 0 Å². The number of fused-ring (bicyclic) bond motifs is 1. The predicted molar refractivity (Wildman–Crippen MR) is 97.9 cm³/mol. The van der Waals surface area contributed by atoms with Crippen molar-refractivity contribution in [1.82, 2.24) is 15.5 Å².